The van der Waals surface area contributed by atoms with E-state index in [1.807, 2.05) is 37.2 Å². The maximum atomic E-state index is 11.6. The van der Waals surface area contributed by atoms with Crippen LogP contribution in [0.2, 0.25) is 0 Å². The number of nitrogens with zero attached hydrogens (tertiary/aromatic N) is 3. The zero-order chi connectivity index (χ0) is 14.0. The minimum Gasteiger partial charge on any atom is -0.382 e. The molecule has 7 heteroatoms. The maximum Gasteiger partial charge on any atom is 0.282 e. The second-order valence-electron chi connectivity index (χ2n) is 4.18. The summed E-state index contributed by atoms with van der Waals surface area (Å²) < 4.78 is 0. The number of benzene rings is 1. The molecule has 0 bridgehead atoms. The van der Waals surface area contributed by atoms with Crippen LogP contribution in [0.5, 0.6) is 0 Å². The number of nitroso groups, excluding NO2 is 1. The van der Waals surface area contributed by atoms with Crippen LogP contribution in [0, 0.1) is 4.91 Å². The third kappa shape index (κ3) is 2.44. The number of hydrogen-bond acceptors (Lipinski definition) is 6. The summed E-state index contributed by atoms with van der Waals surface area (Å²) in [7, 11) is 3.81. The number of nitrogen functional groups attached to an aromatic ring is 1. The SMILES string of the molecule is CN(C)c1cccc(-c2nc(N)c(N=O)c(=O)[nH]2)c1. The second-order valence-corrected chi connectivity index (χ2v) is 4.18. The summed E-state index contributed by atoms with van der Waals surface area (Å²) in [6, 6.07) is 7.41. The first-order chi connectivity index (χ1) is 9.02. The Morgan fingerprint density at radius 1 is 1.37 bits per heavy atom. The molecule has 0 unspecified atom stereocenters. The number of H-pyrrole nitrogens is 1. The van der Waals surface area contributed by atoms with Crippen molar-refractivity contribution in [3.8, 4) is 11.4 Å². The van der Waals surface area contributed by atoms with Gasteiger partial charge in [0, 0.05) is 25.3 Å². The van der Waals surface area contributed by atoms with Gasteiger partial charge in [-0.15, -0.1) is 4.91 Å². The van der Waals surface area contributed by atoms with Crippen molar-refractivity contribution in [3.05, 3.63) is 39.5 Å². The fourth-order valence-electron chi connectivity index (χ4n) is 1.64. The summed E-state index contributed by atoms with van der Waals surface area (Å²) in [6.45, 7) is 0. The number of anilines is 2. The number of hydrogen-bond donors (Lipinski definition) is 2. The molecular formula is C12H13N5O2. The predicted octanol–water partition coefficient (Wildman–Crippen LogP) is 1.48. The van der Waals surface area contributed by atoms with Gasteiger partial charge in [0.05, 0.1) is 0 Å². The molecule has 3 N–H and O–H groups in total. The van der Waals surface area contributed by atoms with Crippen LogP contribution >= 0.6 is 0 Å². The first-order valence-corrected chi connectivity index (χ1v) is 5.54. The smallest absolute Gasteiger partial charge is 0.282 e. The van der Waals surface area contributed by atoms with Crippen LogP contribution in [0.15, 0.2) is 34.2 Å². The van der Waals surface area contributed by atoms with Crippen molar-refractivity contribution in [3.63, 3.8) is 0 Å². The second kappa shape index (κ2) is 4.89. The fraction of sp³-hybridized carbons (Fsp3) is 0.167. The first kappa shape index (κ1) is 12.7. The molecule has 0 spiro atoms. The number of nitrogens with two attached hydrogens (primary N) is 1. The molecule has 0 aliphatic carbocycles. The third-order valence-corrected chi connectivity index (χ3v) is 2.65. The van der Waals surface area contributed by atoms with Gasteiger partial charge < -0.3 is 15.6 Å². The van der Waals surface area contributed by atoms with E-state index in [1.54, 1.807) is 6.07 Å². The molecule has 98 valence electrons. The molecule has 19 heavy (non-hydrogen) atoms. The van der Waals surface area contributed by atoms with Gasteiger partial charge in [-0.2, -0.15) is 0 Å². The lowest BCUT2D eigenvalue weighted by atomic mass is 10.2. The van der Waals surface area contributed by atoms with Crippen LogP contribution < -0.4 is 16.2 Å². The summed E-state index contributed by atoms with van der Waals surface area (Å²) in [4.78, 5) is 30.4. The molecule has 2 rings (SSSR count). The molecule has 0 aliphatic rings. The van der Waals surface area contributed by atoms with Crippen LogP contribution in [-0.2, 0) is 0 Å². The molecule has 0 fully saturated rings. The summed E-state index contributed by atoms with van der Waals surface area (Å²) >= 11 is 0. The van der Waals surface area contributed by atoms with Gasteiger partial charge in [-0.05, 0) is 17.3 Å². The Labute approximate surface area is 109 Å². The monoisotopic (exact) mass is 259 g/mol. The molecule has 2 aromatic rings. The summed E-state index contributed by atoms with van der Waals surface area (Å²) in [5.74, 6) is 0.127. The van der Waals surface area contributed by atoms with Crippen molar-refractivity contribution in [2.24, 2.45) is 5.18 Å². The molecule has 1 aromatic carbocycles. The zero-order valence-corrected chi connectivity index (χ0v) is 10.5. The Bertz CT molecular complexity index is 678. The largest absolute Gasteiger partial charge is 0.382 e. The van der Waals surface area contributed by atoms with Crippen LogP contribution in [0.3, 0.4) is 0 Å². The summed E-state index contributed by atoms with van der Waals surface area (Å²) in [6.07, 6.45) is 0. The van der Waals surface area contributed by atoms with Gasteiger partial charge in [0.2, 0.25) is 5.69 Å². The normalized spacial score (nSPS) is 10.2. The highest BCUT2D eigenvalue weighted by molar-refractivity contribution is 5.66. The predicted molar refractivity (Wildman–Crippen MR) is 74.5 cm³/mol. The van der Waals surface area contributed by atoms with Crippen molar-refractivity contribution in [1.82, 2.24) is 9.97 Å². The molecule has 1 aromatic heterocycles. The van der Waals surface area contributed by atoms with Crippen molar-refractivity contribution in [1.29, 1.82) is 0 Å². The van der Waals surface area contributed by atoms with Crippen molar-refractivity contribution < 1.29 is 0 Å². The van der Waals surface area contributed by atoms with E-state index in [1.165, 1.54) is 0 Å². The number of rotatable bonds is 3. The fourth-order valence-corrected chi connectivity index (χ4v) is 1.64. The molecule has 7 nitrogen and oxygen atoms in total. The lowest BCUT2D eigenvalue weighted by Crippen LogP contribution is -2.12. The Hall–Kier alpha value is -2.70. The average Bonchev–Trinajstić information content (AvgIpc) is 2.38. The van der Waals surface area contributed by atoms with E-state index in [4.69, 9.17) is 5.73 Å². The van der Waals surface area contributed by atoms with E-state index in [0.717, 1.165) is 5.69 Å². The van der Waals surface area contributed by atoms with Crippen LogP contribution in [0.25, 0.3) is 11.4 Å². The number of nitrogens with one attached hydrogen (secondary N) is 1. The molecule has 0 radical (unpaired) electrons. The Balaban J connectivity index is 2.57. The van der Waals surface area contributed by atoms with Crippen LogP contribution in [0.1, 0.15) is 0 Å². The first-order valence-electron chi connectivity index (χ1n) is 5.54. The number of aromatic amines is 1. The van der Waals surface area contributed by atoms with Crippen molar-refractivity contribution in [2.75, 3.05) is 24.7 Å². The molecule has 0 saturated heterocycles. The van der Waals surface area contributed by atoms with E-state index in [2.05, 4.69) is 15.1 Å². The standard InChI is InChI=1S/C12H13N5O2/c1-17(2)8-5-3-4-7(6-8)11-14-10(13)9(16-19)12(18)15-11/h3-6H,1-2H3,(H3,13,14,15,18). The lowest BCUT2D eigenvalue weighted by molar-refractivity contribution is 1.11. The van der Waals surface area contributed by atoms with Gasteiger partial charge in [0.25, 0.3) is 5.56 Å². The van der Waals surface area contributed by atoms with E-state index < -0.39 is 11.2 Å². The van der Waals surface area contributed by atoms with Crippen LogP contribution in [-0.4, -0.2) is 24.1 Å². The molecule has 1 heterocycles. The van der Waals surface area contributed by atoms with E-state index in [9.17, 15) is 9.70 Å². The minimum absolute atomic E-state index is 0.177. The topological polar surface area (TPSA) is 104 Å². The van der Waals surface area contributed by atoms with E-state index in [-0.39, 0.29) is 5.82 Å². The lowest BCUT2D eigenvalue weighted by Gasteiger charge is -2.13. The Morgan fingerprint density at radius 3 is 2.68 bits per heavy atom. The highest BCUT2D eigenvalue weighted by Crippen LogP contribution is 2.22. The molecular weight excluding hydrogens is 246 g/mol. The average molecular weight is 259 g/mol. The van der Waals surface area contributed by atoms with Crippen molar-refractivity contribution >= 4 is 17.2 Å². The highest BCUT2D eigenvalue weighted by Gasteiger charge is 2.11. The van der Waals surface area contributed by atoms with Crippen LogP contribution in [0.4, 0.5) is 17.2 Å². The van der Waals surface area contributed by atoms with Gasteiger partial charge in [-0.25, -0.2) is 4.98 Å². The summed E-state index contributed by atoms with van der Waals surface area (Å²) in [5.41, 5.74) is 6.15. The van der Waals surface area contributed by atoms with Gasteiger partial charge in [0.1, 0.15) is 5.82 Å². The maximum absolute atomic E-state index is 11.6. The quantitative estimate of drug-likeness (QED) is 0.812. The summed E-state index contributed by atoms with van der Waals surface area (Å²) in [5, 5.41) is 2.56. The van der Waals surface area contributed by atoms with Gasteiger partial charge >= 0.3 is 0 Å². The van der Waals surface area contributed by atoms with Gasteiger partial charge in [-0.1, -0.05) is 12.1 Å². The minimum atomic E-state index is -0.646. The molecule has 0 amide bonds. The highest BCUT2D eigenvalue weighted by atomic mass is 16.3. The van der Waals surface area contributed by atoms with E-state index in [0.29, 0.717) is 11.4 Å². The molecule has 0 saturated carbocycles. The van der Waals surface area contributed by atoms with Gasteiger partial charge in [-0.3, -0.25) is 4.79 Å². The Morgan fingerprint density at radius 2 is 2.11 bits per heavy atom. The third-order valence-electron chi connectivity index (χ3n) is 2.65. The molecule has 0 aliphatic heterocycles. The van der Waals surface area contributed by atoms with Crippen molar-refractivity contribution in [2.45, 2.75) is 0 Å². The van der Waals surface area contributed by atoms with Gasteiger partial charge in [0.15, 0.2) is 5.82 Å². The molecule has 0 atom stereocenters. The number of aromatic nitrogens is 2. The Kier molecular flexibility index (Phi) is 3.28. The van der Waals surface area contributed by atoms with E-state index >= 15 is 0 Å². The zero-order valence-electron chi connectivity index (χ0n) is 10.5.